The van der Waals surface area contributed by atoms with Crippen LogP contribution >= 0.6 is 0 Å². The molecular formula is C5H8N4O. The number of hydrogen-bond donors (Lipinski definition) is 3. The van der Waals surface area contributed by atoms with Crippen LogP contribution in [0.3, 0.4) is 0 Å². The van der Waals surface area contributed by atoms with Gasteiger partial charge in [0, 0.05) is 7.05 Å². The van der Waals surface area contributed by atoms with Crippen LogP contribution < -0.4 is 10.8 Å². The van der Waals surface area contributed by atoms with Crippen molar-refractivity contribution < 1.29 is 5.21 Å². The van der Waals surface area contributed by atoms with E-state index in [0.717, 1.165) is 0 Å². The van der Waals surface area contributed by atoms with Gasteiger partial charge >= 0.3 is 0 Å². The second-order valence-electron chi connectivity index (χ2n) is 1.74. The maximum atomic E-state index is 8.81. The van der Waals surface area contributed by atoms with E-state index in [0.29, 0.717) is 10.7 Å². The molecule has 1 rings (SSSR count). The molecule has 5 heteroatoms. The van der Waals surface area contributed by atoms with Gasteiger partial charge in [0.15, 0.2) is 5.49 Å². The zero-order valence-corrected chi connectivity index (χ0v) is 5.50. The summed E-state index contributed by atoms with van der Waals surface area (Å²) < 4.78 is 0. The summed E-state index contributed by atoms with van der Waals surface area (Å²) in [5.41, 5.74) is -0.0426. The standard InChI is InChI=1S/C5H8N4O/c1-7-5-3-2-4(6)9(10)8-5/h2-3,6,10H,1H3,(H,7,8). The molecule has 10 heavy (non-hydrogen) atoms. The Morgan fingerprint density at radius 1 is 1.70 bits per heavy atom. The first-order valence-corrected chi connectivity index (χ1v) is 2.76. The molecule has 0 saturated heterocycles. The Bertz CT molecular complexity index is 279. The van der Waals surface area contributed by atoms with Crippen molar-refractivity contribution in [3.63, 3.8) is 0 Å². The molecule has 0 fully saturated rings. The van der Waals surface area contributed by atoms with Crippen LogP contribution in [0.25, 0.3) is 0 Å². The molecule has 1 aromatic rings. The van der Waals surface area contributed by atoms with Crippen molar-refractivity contribution in [3.05, 3.63) is 17.6 Å². The van der Waals surface area contributed by atoms with E-state index < -0.39 is 0 Å². The third-order valence-electron chi connectivity index (χ3n) is 1.07. The van der Waals surface area contributed by atoms with Gasteiger partial charge in [-0.2, -0.15) is 0 Å². The van der Waals surface area contributed by atoms with Crippen LogP contribution in [-0.4, -0.2) is 22.2 Å². The second-order valence-corrected chi connectivity index (χ2v) is 1.74. The summed E-state index contributed by atoms with van der Waals surface area (Å²) in [6, 6.07) is 3.05. The molecule has 1 heterocycles. The molecule has 0 radical (unpaired) electrons. The highest BCUT2D eigenvalue weighted by molar-refractivity contribution is 5.29. The summed E-state index contributed by atoms with van der Waals surface area (Å²) in [5.74, 6) is 0.526. The van der Waals surface area contributed by atoms with Crippen LogP contribution in [0.4, 0.5) is 5.82 Å². The van der Waals surface area contributed by atoms with E-state index in [9.17, 15) is 0 Å². The second kappa shape index (κ2) is 2.38. The topological polar surface area (TPSA) is 73.9 Å². The smallest absolute Gasteiger partial charge is 0.182 e. The average molecular weight is 140 g/mol. The first kappa shape index (κ1) is 6.60. The Morgan fingerprint density at radius 3 is 2.90 bits per heavy atom. The van der Waals surface area contributed by atoms with Crippen molar-refractivity contribution in [2.24, 2.45) is 0 Å². The lowest BCUT2D eigenvalue weighted by Gasteiger charge is -1.98. The van der Waals surface area contributed by atoms with Gasteiger partial charge in [-0.15, -0.1) is 5.10 Å². The van der Waals surface area contributed by atoms with Crippen LogP contribution in [-0.2, 0) is 0 Å². The van der Waals surface area contributed by atoms with Gasteiger partial charge in [0.05, 0.1) is 0 Å². The van der Waals surface area contributed by atoms with E-state index in [-0.39, 0.29) is 5.49 Å². The van der Waals surface area contributed by atoms with E-state index in [2.05, 4.69) is 10.4 Å². The Hall–Kier alpha value is -1.52. The monoisotopic (exact) mass is 140 g/mol. The predicted molar refractivity (Wildman–Crippen MR) is 34.8 cm³/mol. The molecular weight excluding hydrogens is 132 g/mol. The highest BCUT2D eigenvalue weighted by Crippen LogP contribution is 1.92. The Balaban J connectivity index is 3.17. The summed E-state index contributed by atoms with van der Waals surface area (Å²) in [7, 11) is 1.69. The number of nitrogens with zero attached hydrogens (tertiary/aromatic N) is 2. The van der Waals surface area contributed by atoms with E-state index in [1.54, 1.807) is 13.1 Å². The lowest BCUT2D eigenvalue weighted by atomic mass is 10.5. The van der Waals surface area contributed by atoms with Crippen molar-refractivity contribution in [1.82, 2.24) is 9.94 Å². The van der Waals surface area contributed by atoms with Gasteiger partial charge in [0.2, 0.25) is 0 Å². The SMILES string of the molecule is CNc1ccc(=N)n(O)n1. The van der Waals surface area contributed by atoms with Gasteiger partial charge in [0.25, 0.3) is 0 Å². The lowest BCUT2D eigenvalue weighted by Crippen LogP contribution is -2.19. The molecule has 0 unspecified atom stereocenters. The molecule has 3 N–H and O–H groups in total. The third kappa shape index (κ3) is 1.07. The van der Waals surface area contributed by atoms with Crippen LogP contribution in [0.5, 0.6) is 0 Å². The zero-order chi connectivity index (χ0) is 7.56. The van der Waals surface area contributed by atoms with Crippen LogP contribution in [0.2, 0.25) is 0 Å². The quantitative estimate of drug-likeness (QED) is 0.466. The molecule has 0 spiro atoms. The Labute approximate surface area is 57.4 Å². The zero-order valence-electron chi connectivity index (χ0n) is 5.50. The highest BCUT2D eigenvalue weighted by Gasteiger charge is 1.90. The molecule has 0 saturated carbocycles. The average Bonchev–Trinajstić information content (AvgIpc) is 1.95. The summed E-state index contributed by atoms with van der Waals surface area (Å²) in [6.07, 6.45) is 0. The van der Waals surface area contributed by atoms with Crippen molar-refractivity contribution in [3.8, 4) is 0 Å². The van der Waals surface area contributed by atoms with Gasteiger partial charge < -0.3 is 10.5 Å². The van der Waals surface area contributed by atoms with E-state index in [1.165, 1.54) is 6.07 Å². The number of aromatic nitrogens is 2. The number of anilines is 1. The van der Waals surface area contributed by atoms with E-state index in [4.69, 9.17) is 10.6 Å². The van der Waals surface area contributed by atoms with Crippen LogP contribution in [0.15, 0.2) is 12.1 Å². The minimum absolute atomic E-state index is 0.0426. The van der Waals surface area contributed by atoms with Gasteiger partial charge in [-0.3, -0.25) is 5.41 Å². The molecule has 0 bridgehead atoms. The van der Waals surface area contributed by atoms with E-state index >= 15 is 0 Å². The van der Waals surface area contributed by atoms with Crippen LogP contribution in [0, 0.1) is 5.41 Å². The lowest BCUT2D eigenvalue weighted by molar-refractivity contribution is 0.131. The molecule has 54 valence electrons. The fourth-order valence-electron chi connectivity index (χ4n) is 0.547. The summed E-state index contributed by atoms with van der Waals surface area (Å²) in [5, 5.41) is 22.1. The maximum absolute atomic E-state index is 8.81. The molecule has 0 aromatic carbocycles. The van der Waals surface area contributed by atoms with Gasteiger partial charge in [0.1, 0.15) is 5.82 Å². The minimum atomic E-state index is -0.0426. The fraction of sp³-hybridized carbons (Fsp3) is 0.200. The third-order valence-corrected chi connectivity index (χ3v) is 1.07. The van der Waals surface area contributed by atoms with Gasteiger partial charge in [-0.05, 0) is 12.1 Å². The number of nitrogens with one attached hydrogen (secondary N) is 2. The summed E-state index contributed by atoms with van der Waals surface area (Å²) >= 11 is 0. The van der Waals surface area contributed by atoms with E-state index in [1.807, 2.05) is 0 Å². The van der Waals surface area contributed by atoms with Gasteiger partial charge in [-0.25, -0.2) is 0 Å². The molecule has 0 aliphatic rings. The highest BCUT2D eigenvalue weighted by atomic mass is 16.5. The van der Waals surface area contributed by atoms with Crippen molar-refractivity contribution in [1.29, 1.82) is 5.41 Å². The summed E-state index contributed by atoms with van der Waals surface area (Å²) in [4.78, 5) is 0.506. The predicted octanol–water partition coefficient (Wildman–Crippen LogP) is -0.358. The number of hydrogen-bond acceptors (Lipinski definition) is 4. The number of rotatable bonds is 1. The molecule has 0 aliphatic heterocycles. The molecule has 0 amide bonds. The van der Waals surface area contributed by atoms with Gasteiger partial charge in [-0.1, -0.05) is 4.85 Å². The molecule has 0 atom stereocenters. The van der Waals surface area contributed by atoms with Crippen LogP contribution in [0.1, 0.15) is 0 Å². The fourth-order valence-corrected chi connectivity index (χ4v) is 0.547. The maximum Gasteiger partial charge on any atom is 0.182 e. The van der Waals surface area contributed by atoms with Crippen molar-refractivity contribution in [2.75, 3.05) is 12.4 Å². The molecule has 0 aliphatic carbocycles. The largest absolute Gasteiger partial charge is 0.410 e. The normalized spacial score (nSPS) is 9.30. The Morgan fingerprint density at radius 2 is 2.40 bits per heavy atom. The first-order chi connectivity index (χ1) is 4.74. The first-order valence-electron chi connectivity index (χ1n) is 2.76. The minimum Gasteiger partial charge on any atom is -0.410 e. The molecule has 1 aromatic heterocycles. The van der Waals surface area contributed by atoms with Crippen molar-refractivity contribution >= 4 is 5.82 Å². The van der Waals surface area contributed by atoms with Crippen molar-refractivity contribution in [2.45, 2.75) is 0 Å². The molecule has 5 nitrogen and oxygen atoms in total. The summed E-state index contributed by atoms with van der Waals surface area (Å²) in [6.45, 7) is 0. The Kier molecular flexibility index (Phi) is 1.57.